The van der Waals surface area contributed by atoms with E-state index in [4.69, 9.17) is 0 Å². The maximum Gasteiger partial charge on any atom is 0.434 e. The van der Waals surface area contributed by atoms with Crippen LogP contribution in [-0.2, 0) is 12.7 Å². The zero-order valence-corrected chi connectivity index (χ0v) is 19.3. The highest BCUT2D eigenvalue weighted by Gasteiger charge is 2.33. The maximum atomic E-state index is 12.6. The molecule has 0 fully saturated rings. The maximum absolute atomic E-state index is 12.6. The normalized spacial score (nSPS) is 11.5. The van der Waals surface area contributed by atoms with Gasteiger partial charge < -0.3 is 21.1 Å². The van der Waals surface area contributed by atoms with E-state index in [-0.39, 0.29) is 47.2 Å². The summed E-state index contributed by atoms with van der Waals surface area (Å²) < 4.78 is 37.8. The number of benzene rings is 1. The number of alkyl halides is 3. The van der Waals surface area contributed by atoms with Gasteiger partial charge in [-0.3, -0.25) is 4.79 Å². The summed E-state index contributed by atoms with van der Waals surface area (Å²) >= 11 is 0.912. The van der Waals surface area contributed by atoms with Crippen LogP contribution in [0.1, 0.15) is 34.4 Å². The summed E-state index contributed by atoms with van der Waals surface area (Å²) in [6.45, 7) is 3.40. The van der Waals surface area contributed by atoms with Gasteiger partial charge in [-0.15, -0.1) is 35.3 Å². The molecular weight excluding hydrogens is 534 g/mol. The number of carbonyl (C=O) groups is 1. The van der Waals surface area contributed by atoms with Gasteiger partial charge in [-0.05, 0) is 31.5 Å². The van der Waals surface area contributed by atoms with E-state index < -0.39 is 11.9 Å². The lowest BCUT2D eigenvalue weighted by Gasteiger charge is -2.11. The van der Waals surface area contributed by atoms with Crippen LogP contribution in [0.4, 0.5) is 13.2 Å². The van der Waals surface area contributed by atoms with Crippen molar-refractivity contribution in [2.45, 2.75) is 26.1 Å². The molecule has 0 atom stereocenters. The number of hydrogen-bond acceptors (Lipinski definition) is 5. The predicted octanol–water partition coefficient (Wildman–Crippen LogP) is 3.36. The van der Waals surface area contributed by atoms with Crippen LogP contribution in [0.25, 0.3) is 0 Å². The highest BCUT2D eigenvalue weighted by atomic mass is 127. The summed E-state index contributed by atoms with van der Waals surface area (Å²) in [6.07, 6.45) is -3.85. The average molecular weight is 557 g/mol. The van der Waals surface area contributed by atoms with Crippen LogP contribution in [-0.4, -0.2) is 41.6 Å². The number of amides is 1. The SMILES string of the molecule is CCNC(=NCc1nc(C(F)(F)F)cs1)NCCCNC(=O)c1cccc(O)c1.I. The van der Waals surface area contributed by atoms with Crippen molar-refractivity contribution in [3.05, 3.63) is 45.9 Å². The van der Waals surface area contributed by atoms with Crippen LogP contribution >= 0.6 is 35.3 Å². The molecule has 30 heavy (non-hydrogen) atoms. The number of guanidine groups is 1. The molecule has 1 aromatic heterocycles. The Hall–Kier alpha value is -2.09. The van der Waals surface area contributed by atoms with E-state index in [0.717, 1.165) is 16.7 Å². The number of carbonyl (C=O) groups excluding carboxylic acids is 1. The first kappa shape index (κ1) is 25.9. The van der Waals surface area contributed by atoms with Crippen molar-refractivity contribution in [3.8, 4) is 5.75 Å². The quantitative estimate of drug-likeness (QED) is 0.173. The first-order valence-electron chi connectivity index (χ1n) is 8.90. The van der Waals surface area contributed by atoms with Crippen molar-refractivity contribution in [2.24, 2.45) is 4.99 Å². The van der Waals surface area contributed by atoms with Gasteiger partial charge in [0.2, 0.25) is 0 Å². The number of thiazole rings is 1. The van der Waals surface area contributed by atoms with Gasteiger partial charge in [-0.2, -0.15) is 13.2 Å². The molecule has 0 unspecified atom stereocenters. The van der Waals surface area contributed by atoms with Gasteiger partial charge in [-0.25, -0.2) is 9.98 Å². The van der Waals surface area contributed by atoms with Crippen molar-refractivity contribution < 1.29 is 23.1 Å². The third kappa shape index (κ3) is 8.73. The number of hydrogen-bond donors (Lipinski definition) is 4. The lowest BCUT2D eigenvalue weighted by atomic mass is 10.2. The second kappa shape index (κ2) is 12.6. The molecule has 166 valence electrons. The van der Waals surface area contributed by atoms with Crippen molar-refractivity contribution >= 4 is 47.2 Å². The van der Waals surface area contributed by atoms with Gasteiger partial charge in [0, 0.05) is 30.6 Å². The van der Waals surface area contributed by atoms with Crippen LogP contribution in [0.2, 0.25) is 0 Å². The minimum atomic E-state index is -4.45. The van der Waals surface area contributed by atoms with E-state index >= 15 is 0 Å². The van der Waals surface area contributed by atoms with E-state index in [9.17, 15) is 23.1 Å². The average Bonchev–Trinajstić information content (AvgIpc) is 3.15. The Morgan fingerprint density at radius 1 is 1.23 bits per heavy atom. The summed E-state index contributed by atoms with van der Waals surface area (Å²) in [4.78, 5) is 19.7. The molecule has 0 aliphatic carbocycles. The van der Waals surface area contributed by atoms with Crippen LogP contribution in [0.15, 0.2) is 34.6 Å². The lowest BCUT2D eigenvalue weighted by Crippen LogP contribution is -2.38. The third-order valence-corrected chi connectivity index (χ3v) is 4.43. The van der Waals surface area contributed by atoms with Crippen LogP contribution < -0.4 is 16.0 Å². The number of rotatable bonds is 8. The zero-order chi connectivity index (χ0) is 21.3. The molecule has 0 saturated heterocycles. The highest BCUT2D eigenvalue weighted by molar-refractivity contribution is 14.0. The standard InChI is InChI=1S/C18H22F3N5O2S.HI/c1-2-22-17(25-10-15-26-14(11-29-15)18(19,20)21)24-8-4-7-23-16(28)12-5-3-6-13(27)9-12;/h3,5-6,9,11,27H,2,4,7-8,10H2,1H3,(H,23,28)(H2,22,24,25);1H. The summed E-state index contributed by atoms with van der Waals surface area (Å²) in [5.74, 6) is 0.190. The molecular formula is C18H23F3IN5O2S. The molecule has 0 saturated carbocycles. The van der Waals surface area contributed by atoms with Crippen LogP contribution in [0.5, 0.6) is 5.75 Å². The first-order chi connectivity index (χ1) is 13.8. The highest BCUT2D eigenvalue weighted by Crippen LogP contribution is 2.30. The number of phenolic OH excluding ortho intramolecular Hbond substituents is 1. The van der Waals surface area contributed by atoms with Crippen LogP contribution in [0, 0.1) is 0 Å². The fraction of sp³-hybridized carbons (Fsp3) is 0.389. The van der Waals surface area contributed by atoms with Gasteiger partial charge in [0.1, 0.15) is 10.8 Å². The molecule has 0 aliphatic rings. The number of aromatic hydroxyl groups is 1. The first-order valence-corrected chi connectivity index (χ1v) is 9.78. The van der Waals surface area contributed by atoms with Crippen molar-refractivity contribution in [1.29, 1.82) is 0 Å². The van der Waals surface area contributed by atoms with E-state index in [1.54, 1.807) is 12.1 Å². The Kier molecular flexibility index (Phi) is 10.9. The molecule has 4 N–H and O–H groups in total. The molecule has 7 nitrogen and oxygen atoms in total. The number of nitrogens with one attached hydrogen (secondary N) is 3. The topological polar surface area (TPSA) is 98.6 Å². The second-order valence-corrected chi connectivity index (χ2v) is 6.85. The Morgan fingerprint density at radius 3 is 2.60 bits per heavy atom. The molecule has 0 radical (unpaired) electrons. The Morgan fingerprint density at radius 2 is 1.97 bits per heavy atom. The van der Waals surface area contributed by atoms with Gasteiger partial charge in [-0.1, -0.05) is 6.07 Å². The second-order valence-electron chi connectivity index (χ2n) is 5.91. The smallest absolute Gasteiger partial charge is 0.434 e. The predicted molar refractivity (Wildman–Crippen MR) is 120 cm³/mol. The molecule has 2 aromatic rings. The fourth-order valence-electron chi connectivity index (χ4n) is 2.25. The van der Waals surface area contributed by atoms with E-state index in [1.807, 2.05) is 6.92 Å². The largest absolute Gasteiger partial charge is 0.508 e. The number of halogens is 4. The molecule has 0 bridgehead atoms. The third-order valence-electron chi connectivity index (χ3n) is 3.60. The van der Waals surface area contributed by atoms with Gasteiger partial charge in [0.05, 0.1) is 6.54 Å². The summed E-state index contributed by atoms with van der Waals surface area (Å²) in [5, 5.41) is 19.4. The number of nitrogens with zero attached hydrogens (tertiary/aromatic N) is 2. The van der Waals surface area contributed by atoms with E-state index in [2.05, 4.69) is 25.9 Å². The monoisotopic (exact) mass is 557 g/mol. The van der Waals surface area contributed by atoms with Gasteiger partial charge >= 0.3 is 6.18 Å². The minimum absolute atomic E-state index is 0. The Bertz CT molecular complexity index is 845. The molecule has 1 aromatic carbocycles. The number of phenols is 1. The molecule has 12 heteroatoms. The fourth-order valence-corrected chi connectivity index (χ4v) is 2.97. The van der Waals surface area contributed by atoms with E-state index in [1.165, 1.54) is 12.1 Å². The van der Waals surface area contributed by atoms with Crippen molar-refractivity contribution in [1.82, 2.24) is 20.9 Å². The number of aromatic nitrogens is 1. The minimum Gasteiger partial charge on any atom is -0.508 e. The molecule has 0 aliphatic heterocycles. The van der Waals surface area contributed by atoms with Gasteiger partial charge in [0.25, 0.3) is 5.91 Å². The Labute approximate surface area is 193 Å². The molecule has 1 amide bonds. The van der Waals surface area contributed by atoms with Gasteiger partial charge in [0.15, 0.2) is 11.7 Å². The zero-order valence-electron chi connectivity index (χ0n) is 16.1. The summed E-state index contributed by atoms with van der Waals surface area (Å²) in [5.41, 5.74) is -0.539. The van der Waals surface area contributed by atoms with Crippen molar-refractivity contribution in [3.63, 3.8) is 0 Å². The lowest BCUT2D eigenvalue weighted by molar-refractivity contribution is -0.140. The summed E-state index contributed by atoms with van der Waals surface area (Å²) in [7, 11) is 0. The molecule has 1 heterocycles. The van der Waals surface area contributed by atoms with Crippen molar-refractivity contribution in [2.75, 3.05) is 19.6 Å². The molecule has 2 rings (SSSR count). The van der Waals surface area contributed by atoms with E-state index in [0.29, 0.717) is 37.6 Å². The Balaban J connectivity index is 0.00000450. The van der Waals surface area contributed by atoms with Crippen LogP contribution in [0.3, 0.4) is 0 Å². The molecule has 0 spiro atoms. The summed E-state index contributed by atoms with van der Waals surface area (Å²) in [6, 6.07) is 6.06. The number of aliphatic imine (C=N–C) groups is 1.